The fourth-order valence-corrected chi connectivity index (χ4v) is 4.14. The summed E-state index contributed by atoms with van der Waals surface area (Å²) in [6, 6.07) is 13.5. The second-order valence-electron chi connectivity index (χ2n) is 5.84. The highest BCUT2D eigenvalue weighted by Crippen LogP contribution is 2.21. The summed E-state index contributed by atoms with van der Waals surface area (Å²) in [5.74, 6) is 0.241. The van der Waals surface area contributed by atoms with Crippen molar-refractivity contribution < 1.29 is 8.42 Å². The number of hydrogen-bond acceptors (Lipinski definition) is 5. The van der Waals surface area contributed by atoms with Crippen LogP contribution in [-0.4, -0.2) is 28.6 Å². The zero-order valence-corrected chi connectivity index (χ0v) is 14.4. The van der Waals surface area contributed by atoms with Gasteiger partial charge >= 0.3 is 0 Å². The molecule has 126 valence electrons. The molecule has 6 nitrogen and oxygen atoms in total. The summed E-state index contributed by atoms with van der Waals surface area (Å²) in [7, 11) is -3.36. The number of aromatic nitrogens is 4. The molecule has 0 fully saturated rings. The van der Waals surface area contributed by atoms with E-state index >= 15 is 0 Å². The van der Waals surface area contributed by atoms with Crippen molar-refractivity contribution in [1.29, 1.82) is 0 Å². The van der Waals surface area contributed by atoms with Crippen molar-refractivity contribution in [3.63, 3.8) is 0 Å². The molecule has 0 aliphatic heterocycles. The van der Waals surface area contributed by atoms with Crippen molar-refractivity contribution in [3.8, 4) is 0 Å². The third-order valence-electron chi connectivity index (χ3n) is 3.93. The highest BCUT2D eigenvalue weighted by molar-refractivity contribution is 7.89. The third kappa shape index (κ3) is 3.79. The number of nitrogens with zero attached hydrogens (tertiary/aromatic N) is 4. The normalized spacial score (nSPS) is 11.9. The Balaban J connectivity index is 1.82. The van der Waals surface area contributed by atoms with Gasteiger partial charge in [0, 0.05) is 6.54 Å². The van der Waals surface area contributed by atoms with Crippen molar-refractivity contribution in [2.45, 2.75) is 37.8 Å². The minimum absolute atomic E-state index is 0.0189. The van der Waals surface area contributed by atoms with Crippen LogP contribution in [0, 0.1) is 0 Å². The van der Waals surface area contributed by atoms with Crippen molar-refractivity contribution in [2.24, 2.45) is 0 Å². The van der Waals surface area contributed by atoms with Gasteiger partial charge in [0.15, 0.2) is 15.7 Å². The van der Waals surface area contributed by atoms with Gasteiger partial charge in [-0.25, -0.2) is 13.1 Å². The highest BCUT2D eigenvalue weighted by Gasteiger charge is 2.19. The molecule has 0 aliphatic carbocycles. The van der Waals surface area contributed by atoms with E-state index in [-0.39, 0.29) is 11.5 Å². The Morgan fingerprint density at radius 2 is 1.83 bits per heavy atom. The molecule has 3 rings (SSSR count). The van der Waals surface area contributed by atoms with E-state index in [1.807, 2.05) is 42.5 Å². The molecule has 24 heavy (non-hydrogen) atoms. The molecule has 2 aromatic carbocycles. The van der Waals surface area contributed by atoms with Crippen LogP contribution in [0.3, 0.4) is 0 Å². The Labute approximate surface area is 141 Å². The second-order valence-corrected chi connectivity index (χ2v) is 7.91. The van der Waals surface area contributed by atoms with Gasteiger partial charge < -0.3 is 0 Å². The van der Waals surface area contributed by atoms with Gasteiger partial charge in [-0.05, 0) is 33.2 Å². The SMILES string of the molecule is CCCCn1nnnc1CS(=O)(=O)Cc1cccc2ccccc12. The smallest absolute Gasteiger partial charge is 0.166 e. The van der Waals surface area contributed by atoms with Crippen LogP contribution in [0.2, 0.25) is 0 Å². The van der Waals surface area contributed by atoms with E-state index in [9.17, 15) is 8.42 Å². The monoisotopic (exact) mass is 344 g/mol. The first kappa shape index (κ1) is 16.6. The fourth-order valence-electron chi connectivity index (χ4n) is 2.71. The molecule has 0 spiro atoms. The molecule has 0 bridgehead atoms. The summed E-state index contributed by atoms with van der Waals surface area (Å²) < 4.78 is 26.8. The van der Waals surface area contributed by atoms with Crippen LogP contribution in [-0.2, 0) is 27.9 Å². The van der Waals surface area contributed by atoms with Gasteiger partial charge in [0.1, 0.15) is 5.75 Å². The lowest BCUT2D eigenvalue weighted by molar-refractivity contribution is 0.535. The Hall–Kier alpha value is -2.28. The molecule has 7 heteroatoms. The molecule has 0 amide bonds. The third-order valence-corrected chi connectivity index (χ3v) is 5.38. The first-order valence-corrected chi connectivity index (χ1v) is 9.83. The Bertz CT molecular complexity index is 929. The van der Waals surface area contributed by atoms with Gasteiger partial charge in [0.2, 0.25) is 0 Å². The molecule has 0 saturated heterocycles. The number of fused-ring (bicyclic) bond motifs is 1. The Morgan fingerprint density at radius 3 is 2.67 bits per heavy atom. The first-order chi connectivity index (χ1) is 11.6. The number of benzene rings is 2. The lowest BCUT2D eigenvalue weighted by Gasteiger charge is -2.08. The van der Waals surface area contributed by atoms with Crippen molar-refractivity contribution in [3.05, 3.63) is 53.9 Å². The predicted molar refractivity (Wildman–Crippen MR) is 93.0 cm³/mol. The predicted octanol–water partition coefficient (Wildman–Crippen LogP) is 2.74. The quantitative estimate of drug-likeness (QED) is 0.658. The summed E-state index contributed by atoms with van der Waals surface area (Å²) in [5.41, 5.74) is 0.806. The van der Waals surface area contributed by atoms with Crippen LogP contribution in [0.15, 0.2) is 42.5 Å². The van der Waals surface area contributed by atoms with Gasteiger partial charge in [-0.3, -0.25) is 0 Å². The van der Waals surface area contributed by atoms with Gasteiger partial charge in [-0.2, -0.15) is 0 Å². The highest BCUT2D eigenvalue weighted by atomic mass is 32.2. The Kier molecular flexibility index (Phi) is 4.89. The van der Waals surface area contributed by atoms with E-state index in [1.165, 1.54) is 0 Å². The van der Waals surface area contributed by atoms with Crippen molar-refractivity contribution >= 4 is 20.6 Å². The van der Waals surface area contributed by atoms with Gasteiger partial charge in [0.25, 0.3) is 0 Å². The van der Waals surface area contributed by atoms with E-state index in [4.69, 9.17) is 0 Å². The zero-order valence-electron chi connectivity index (χ0n) is 13.6. The number of tetrazole rings is 1. The lowest BCUT2D eigenvalue weighted by atomic mass is 10.1. The molecule has 1 heterocycles. The topological polar surface area (TPSA) is 77.7 Å². The summed E-state index contributed by atoms with van der Waals surface area (Å²) >= 11 is 0. The van der Waals surface area contributed by atoms with Crippen molar-refractivity contribution in [1.82, 2.24) is 20.2 Å². The van der Waals surface area contributed by atoms with Gasteiger partial charge in [-0.15, -0.1) is 5.10 Å². The molecule has 0 atom stereocenters. The number of sulfone groups is 1. The number of rotatable bonds is 7. The lowest BCUT2D eigenvalue weighted by Crippen LogP contribution is -2.14. The molecule has 1 aromatic heterocycles. The molecule has 0 radical (unpaired) electrons. The minimum Gasteiger partial charge on any atom is -0.229 e. The molecule has 0 unspecified atom stereocenters. The number of hydrogen-bond donors (Lipinski definition) is 0. The maximum Gasteiger partial charge on any atom is 0.166 e. The fraction of sp³-hybridized carbons (Fsp3) is 0.353. The van der Waals surface area contributed by atoms with E-state index in [0.717, 1.165) is 29.2 Å². The average molecular weight is 344 g/mol. The standard InChI is InChI=1S/C17H20N4O2S/c1-2-3-11-21-17(18-19-20-21)13-24(22,23)12-15-9-6-8-14-7-4-5-10-16(14)15/h4-10H,2-3,11-13H2,1H3. The maximum absolute atomic E-state index is 12.6. The van der Waals surface area contributed by atoms with Crippen LogP contribution in [0.25, 0.3) is 10.8 Å². The van der Waals surface area contributed by atoms with E-state index < -0.39 is 9.84 Å². The molecule has 0 aliphatic rings. The average Bonchev–Trinajstić information content (AvgIpc) is 2.99. The summed E-state index contributed by atoms with van der Waals surface area (Å²) in [5, 5.41) is 13.4. The minimum atomic E-state index is -3.36. The maximum atomic E-state index is 12.6. The number of aryl methyl sites for hydroxylation is 1. The largest absolute Gasteiger partial charge is 0.229 e. The summed E-state index contributed by atoms with van der Waals surface area (Å²) in [4.78, 5) is 0. The molecule has 3 aromatic rings. The van der Waals surface area contributed by atoms with Crippen LogP contribution in [0.5, 0.6) is 0 Å². The summed E-state index contributed by atoms with van der Waals surface area (Å²) in [6.45, 7) is 2.71. The number of unbranched alkanes of at least 4 members (excludes halogenated alkanes) is 1. The van der Waals surface area contributed by atoms with Crippen LogP contribution in [0.4, 0.5) is 0 Å². The molecular formula is C17H20N4O2S. The second kappa shape index (κ2) is 7.09. The summed E-state index contributed by atoms with van der Waals surface area (Å²) in [6.07, 6.45) is 1.92. The molecule has 0 saturated carbocycles. The van der Waals surface area contributed by atoms with E-state index in [2.05, 4.69) is 22.4 Å². The van der Waals surface area contributed by atoms with Crippen LogP contribution in [0.1, 0.15) is 31.2 Å². The molecular weight excluding hydrogens is 324 g/mol. The Morgan fingerprint density at radius 1 is 1.04 bits per heavy atom. The first-order valence-electron chi connectivity index (χ1n) is 8.01. The van der Waals surface area contributed by atoms with Gasteiger partial charge in [-0.1, -0.05) is 55.8 Å². The van der Waals surface area contributed by atoms with E-state index in [0.29, 0.717) is 12.4 Å². The van der Waals surface area contributed by atoms with E-state index in [1.54, 1.807) is 4.68 Å². The molecule has 0 N–H and O–H groups in total. The zero-order chi connectivity index (χ0) is 17.0. The van der Waals surface area contributed by atoms with Gasteiger partial charge in [0.05, 0.1) is 5.75 Å². The van der Waals surface area contributed by atoms with Crippen LogP contribution >= 0.6 is 0 Å². The van der Waals surface area contributed by atoms with Crippen LogP contribution < -0.4 is 0 Å². The van der Waals surface area contributed by atoms with Crippen molar-refractivity contribution in [2.75, 3.05) is 0 Å².